The SMILES string of the molecule is C=CO.Cc1cc(F)c2nc(CN3CCC(N(CC4CC4)c4ccnc(COc5ccc(Cl)cc5F)n4)CC3)n(C)c2c1. The van der Waals surface area contributed by atoms with Crippen molar-refractivity contribution < 1.29 is 18.6 Å². The molecule has 0 amide bonds. The van der Waals surface area contributed by atoms with Gasteiger partial charge in [-0.25, -0.2) is 23.7 Å². The highest BCUT2D eigenvalue weighted by molar-refractivity contribution is 6.30. The van der Waals surface area contributed by atoms with E-state index in [9.17, 15) is 8.78 Å². The van der Waals surface area contributed by atoms with Crippen molar-refractivity contribution >= 4 is 28.5 Å². The smallest absolute Gasteiger partial charge is 0.168 e. The molecule has 8 nitrogen and oxygen atoms in total. The predicted molar refractivity (Wildman–Crippen MR) is 164 cm³/mol. The second-order valence-corrected chi connectivity index (χ2v) is 11.6. The Morgan fingerprint density at radius 2 is 1.84 bits per heavy atom. The number of aryl methyl sites for hydroxylation is 2. The van der Waals surface area contributed by atoms with Gasteiger partial charge >= 0.3 is 0 Å². The summed E-state index contributed by atoms with van der Waals surface area (Å²) in [6, 6.07) is 10.2. The van der Waals surface area contributed by atoms with E-state index in [4.69, 9.17) is 26.4 Å². The van der Waals surface area contributed by atoms with Crippen LogP contribution in [0.4, 0.5) is 14.6 Å². The molecule has 1 aliphatic heterocycles. The number of piperidine rings is 1. The van der Waals surface area contributed by atoms with Crippen LogP contribution >= 0.6 is 11.6 Å². The molecular weight excluding hydrogens is 574 g/mol. The third-order valence-electron chi connectivity index (χ3n) is 7.93. The molecule has 2 aromatic carbocycles. The van der Waals surface area contributed by atoms with Gasteiger partial charge in [-0.2, -0.15) is 0 Å². The highest BCUT2D eigenvalue weighted by atomic mass is 35.5. The third kappa shape index (κ3) is 7.61. The molecule has 2 aromatic heterocycles. The predicted octanol–water partition coefficient (Wildman–Crippen LogP) is 6.75. The normalized spacial score (nSPS) is 15.7. The van der Waals surface area contributed by atoms with Crippen LogP contribution < -0.4 is 9.64 Å². The number of ether oxygens (including phenoxy) is 1. The number of anilines is 1. The fraction of sp³-hybridized carbons (Fsp3) is 0.406. The van der Waals surface area contributed by atoms with Crippen LogP contribution in [0, 0.1) is 24.5 Å². The van der Waals surface area contributed by atoms with E-state index in [1.807, 2.05) is 30.7 Å². The van der Waals surface area contributed by atoms with Crippen molar-refractivity contribution in [1.29, 1.82) is 0 Å². The standard InChI is InChI=1S/C30H33ClF2N6O.C2H4O/c1-19-13-24(33)30-25(14-19)37(2)29(36-30)17-38-11-8-22(9-12-38)39(16-20-3-4-20)28-7-10-34-27(35-28)18-40-26-6-5-21(31)15-23(26)32;1-2-3/h5-7,10,13-15,20,22H,3-4,8-9,11-12,16-18H2,1-2H3;2-3H,1H2. The Morgan fingerprint density at radius 3 is 2.53 bits per heavy atom. The first-order chi connectivity index (χ1) is 20.7. The lowest BCUT2D eigenvalue weighted by Crippen LogP contribution is -2.46. The Bertz CT molecular complexity index is 1570. The van der Waals surface area contributed by atoms with Crippen LogP contribution in [-0.2, 0) is 20.2 Å². The van der Waals surface area contributed by atoms with Crippen LogP contribution in [0.2, 0.25) is 5.02 Å². The van der Waals surface area contributed by atoms with Crippen LogP contribution in [-0.4, -0.2) is 55.2 Å². The van der Waals surface area contributed by atoms with Crippen molar-refractivity contribution in [3.05, 3.63) is 89.3 Å². The Kier molecular flexibility index (Phi) is 9.77. The molecular formula is C32H37ClF2N6O2. The number of fused-ring (bicyclic) bond motifs is 1. The van der Waals surface area contributed by atoms with Gasteiger partial charge in [0.05, 0.1) is 18.3 Å². The molecule has 0 spiro atoms. The minimum Gasteiger partial charge on any atom is -0.516 e. The molecule has 43 heavy (non-hydrogen) atoms. The average molecular weight is 611 g/mol. The fourth-order valence-electron chi connectivity index (χ4n) is 5.52. The number of hydrogen-bond acceptors (Lipinski definition) is 7. The maximum Gasteiger partial charge on any atom is 0.168 e. The van der Waals surface area contributed by atoms with Crippen LogP contribution in [0.15, 0.2) is 55.4 Å². The summed E-state index contributed by atoms with van der Waals surface area (Å²) in [7, 11) is 1.96. The zero-order valence-corrected chi connectivity index (χ0v) is 25.3. The summed E-state index contributed by atoms with van der Waals surface area (Å²) in [4.78, 5) is 18.6. The minimum atomic E-state index is -0.510. The zero-order chi connectivity index (χ0) is 30.5. The molecule has 1 saturated carbocycles. The summed E-state index contributed by atoms with van der Waals surface area (Å²) in [6.45, 7) is 8.40. The van der Waals surface area contributed by atoms with Gasteiger partial charge < -0.3 is 19.3 Å². The summed E-state index contributed by atoms with van der Waals surface area (Å²) < 4.78 is 36.3. The fourth-order valence-corrected chi connectivity index (χ4v) is 5.68. The number of hydrogen-bond donors (Lipinski definition) is 1. The number of benzene rings is 2. The van der Waals surface area contributed by atoms with Crippen molar-refractivity contribution in [3.63, 3.8) is 0 Å². The number of nitrogens with zero attached hydrogens (tertiary/aromatic N) is 6. The molecule has 0 unspecified atom stereocenters. The van der Waals surface area contributed by atoms with E-state index < -0.39 is 5.82 Å². The lowest BCUT2D eigenvalue weighted by atomic mass is 10.0. The monoisotopic (exact) mass is 610 g/mol. The second kappa shape index (κ2) is 13.7. The number of likely N-dealkylation sites (tertiary alicyclic amines) is 1. The molecule has 1 saturated heterocycles. The largest absolute Gasteiger partial charge is 0.516 e. The lowest BCUT2D eigenvalue weighted by Gasteiger charge is -2.39. The van der Waals surface area contributed by atoms with Gasteiger partial charge in [-0.15, -0.1) is 0 Å². The number of halogens is 3. The third-order valence-corrected chi connectivity index (χ3v) is 8.16. The van der Waals surface area contributed by atoms with Crippen molar-refractivity contribution in [2.45, 2.75) is 51.8 Å². The van der Waals surface area contributed by atoms with E-state index in [1.165, 1.54) is 25.0 Å². The Morgan fingerprint density at radius 1 is 1.09 bits per heavy atom. The van der Waals surface area contributed by atoms with Gasteiger partial charge in [-0.3, -0.25) is 4.90 Å². The quantitative estimate of drug-likeness (QED) is 0.210. The maximum atomic E-state index is 14.5. The molecule has 4 aromatic rings. The summed E-state index contributed by atoms with van der Waals surface area (Å²) in [6.07, 6.45) is 6.98. The Balaban J connectivity index is 0.00000118. The molecule has 2 aliphatic rings. The number of imidazole rings is 1. The minimum absolute atomic E-state index is 0.0697. The van der Waals surface area contributed by atoms with Gasteiger partial charge in [0.1, 0.15) is 23.8 Å². The molecule has 2 fully saturated rings. The molecule has 0 bridgehead atoms. The molecule has 228 valence electrons. The molecule has 1 aliphatic carbocycles. The Hall–Kier alpha value is -3.76. The number of aromatic nitrogens is 4. The summed E-state index contributed by atoms with van der Waals surface area (Å²) in [5, 5.41) is 7.65. The van der Waals surface area contributed by atoms with Crippen molar-refractivity contribution in [3.8, 4) is 5.75 Å². The number of rotatable bonds is 9. The summed E-state index contributed by atoms with van der Waals surface area (Å²) in [5.41, 5.74) is 2.17. The first-order valence-electron chi connectivity index (χ1n) is 14.5. The highest BCUT2D eigenvalue weighted by Gasteiger charge is 2.32. The van der Waals surface area contributed by atoms with Crippen molar-refractivity contribution in [2.75, 3.05) is 24.5 Å². The topological polar surface area (TPSA) is 79.5 Å². The van der Waals surface area contributed by atoms with E-state index in [1.54, 1.807) is 18.3 Å². The van der Waals surface area contributed by atoms with Gasteiger partial charge in [0.15, 0.2) is 23.2 Å². The van der Waals surface area contributed by atoms with E-state index in [0.717, 1.165) is 61.5 Å². The molecule has 0 atom stereocenters. The molecule has 6 rings (SSSR count). The summed E-state index contributed by atoms with van der Waals surface area (Å²) >= 11 is 5.85. The molecule has 1 N–H and O–H groups in total. The highest BCUT2D eigenvalue weighted by Crippen LogP contribution is 2.34. The van der Waals surface area contributed by atoms with Gasteiger partial charge in [0, 0.05) is 43.9 Å². The van der Waals surface area contributed by atoms with Crippen molar-refractivity contribution in [1.82, 2.24) is 24.4 Å². The average Bonchev–Trinajstić information content (AvgIpc) is 3.76. The first-order valence-corrected chi connectivity index (χ1v) is 14.9. The van der Waals surface area contributed by atoms with Gasteiger partial charge in [-0.1, -0.05) is 18.2 Å². The van der Waals surface area contributed by atoms with Gasteiger partial charge in [0.2, 0.25) is 0 Å². The van der Waals surface area contributed by atoms with E-state index in [2.05, 4.69) is 26.3 Å². The van der Waals surface area contributed by atoms with E-state index in [0.29, 0.717) is 34.9 Å². The van der Waals surface area contributed by atoms with Crippen LogP contribution in [0.5, 0.6) is 5.75 Å². The summed E-state index contributed by atoms with van der Waals surface area (Å²) in [5.74, 6) is 2.31. The second-order valence-electron chi connectivity index (χ2n) is 11.2. The lowest BCUT2D eigenvalue weighted by molar-refractivity contribution is 0.195. The Labute approximate surface area is 255 Å². The zero-order valence-electron chi connectivity index (χ0n) is 24.5. The van der Waals surface area contributed by atoms with Gasteiger partial charge in [0.25, 0.3) is 0 Å². The van der Waals surface area contributed by atoms with Gasteiger partial charge in [-0.05, 0) is 80.5 Å². The van der Waals surface area contributed by atoms with Crippen LogP contribution in [0.25, 0.3) is 11.0 Å². The molecule has 11 heteroatoms. The number of aliphatic hydroxyl groups excluding tert-OH is 1. The number of aliphatic hydroxyl groups is 1. The van der Waals surface area contributed by atoms with E-state index in [-0.39, 0.29) is 18.2 Å². The maximum absolute atomic E-state index is 14.5. The van der Waals surface area contributed by atoms with Crippen LogP contribution in [0.1, 0.15) is 42.9 Å². The van der Waals surface area contributed by atoms with Crippen LogP contribution in [0.3, 0.4) is 0 Å². The van der Waals surface area contributed by atoms with E-state index >= 15 is 0 Å². The first kappa shape index (κ1) is 30.7. The molecule has 0 radical (unpaired) electrons. The molecule has 3 heterocycles. The van der Waals surface area contributed by atoms with Crippen molar-refractivity contribution in [2.24, 2.45) is 13.0 Å².